The summed E-state index contributed by atoms with van der Waals surface area (Å²) in [6.07, 6.45) is 2.50. The van der Waals surface area contributed by atoms with Crippen LogP contribution in [0.15, 0.2) is 30.3 Å². The van der Waals surface area contributed by atoms with Crippen LogP contribution in [-0.2, 0) is 9.59 Å². The van der Waals surface area contributed by atoms with E-state index in [4.69, 9.17) is 10.8 Å². The Labute approximate surface area is 112 Å². The van der Waals surface area contributed by atoms with Gasteiger partial charge in [0.15, 0.2) is 0 Å². The quantitative estimate of drug-likeness (QED) is 0.704. The fourth-order valence-electron chi connectivity index (χ4n) is 1.42. The Morgan fingerprint density at radius 2 is 2.05 bits per heavy atom. The van der Waals surface area contributed by atoms with Crippen LogP contribution in [0, 0.1) is 5.92 Å². The van der Waals surface area contributed by atoms with E-state index in [0.717, 1.165) is 6.08 Å². The number of hydrogen-bond acceptors (Lipinski definition) is 3. The number of carbonyl (C=O) groups excluding carboxylic acids is 1. The SMILES string of the molecule is CC(C)[C@H](N)C(=O)Nc1cccc(/C=C/C(=O)O)c1. The molecule has 5 heteroatoms. The highest BCUT2D eigenvalue weighted by Crippen LogP contribution is 2.13. The van der Waals surface area contributed by atoms with Gasteiger partial charge in [0.25, 0.3) is 0 Å². The lowest BCUT2D eigenvalue weighted by molar-refractivity contribution is -0.131. The predicted octanol–water partition coefficient (Wildman–Crippen LogP) is 1.71. The second-order valence-corrected chi connectivity index (χ2v) is 4.56. The first-order valence-corrected chi connectivity index (χ1v) is 5.97. The lowest BCUT2D eigenvalue weighted by Gasteiger charge is -2.15. The molecule has 0 fully saturated rings. The zero-order valence-electron chi connectivity index (χ0n) is 11.0. The molecule has 0 bridgehead atoms. The van der Waals surface area contributed by atoms with Gasteiger partial charge in [0.1, 0.15) is 0 Å². The van der Waals surface area contributed by atoms with Crippen LogP contribution in [-0.4, -0.2) is 23.0 Å². The molecule has 19 heavy (non-hydrogen) atoms. The Kier molecular flexibility index (Phi) is 5.26. The molecule has 1 amide bonds. The minimum atomic E-state index is -1.02. The lowest BCUT2D eigenvalue weighted by atomic mass is 10.0. The Balaban J connectivity index is 2.77. The molecule has 0 spiro atoms. The highest BCUT2D eigenvalue weighted by molar-refractivity contribution is 5.95. The van der Waals surface area contributed by atoms with Crippen LogP contribution in [0.25, 0.3) is 6.08 Å². The average molecular weight is 262 g/mol. The number of hydrogen-bond donors (Lipinski definition) is 3. The van der Waals surface area contributed by atoms with Gasteiger partial charge in [-0.1, -0.05) is 26.0 Å². The zero-order chi connectivity index (χ0) is 14.4. The molecule has 1 aromatic carbocycles. The Bertz CT molecular complexity index is 495. The first kappa shape index (κ1) is 14.9. The summed E-state index contributed by atoms with van der Waals surface area (Å²) in [7, 11) is 0. The second kappa shape index (κ2) is 6.70. The highest BCUT2D eigenvalue weighted by atomic mass is 16.4. The van der Waals surface area contributed by atoms with Crippen molar-refractivity contribution in [3.05, 3.63) is 35.9 Å². The molecule has 0 aliphatic carbocycles. The molecule has 5 nitrogen and oxygen atoms in total. The van der Waals surface area contributed by atoms with E-state index in [1.54, 1.807) is 24.3 Å². The Morgan fingerprint density at radius 1 is 1.37 bits per heavy atom. The topological polar surface area (TPSA) is 92.4 Å². The highest BCUT2D eigenvalue weighted by Gasteiger charge is 2.16. The van der Waals surface area contributed by atoms with Gasteiger partial charge in [-0.05, 0) is 29.7 Å². The van der Waals surface area contributed by atoms with E-state index in [1.165, 1.54) is 6.08 Å². The van der Waals surface area contributed by atoms with Crippen molar-refractivity contribution in [2.75, 3.05) is 5.32 Å². The summed E-state index contributed by atoms with van der Waals surface area (Å²) in [5, 5.41) is 11.3. The summed E-state index contributed by atoms with van der Waals surface area (Å²) < 4.78 is 0. The minimum absolute atomic E-state index is 0.0510. The van der Waals surface area contributed by atoms with E-state index in [2.05, 4.69) is 5.32 Å². The van der Waals surface area contributed by atoms with Crippen molar-refractivity contribution in [3.63, 3.8) is 0 Å². The summed E-state index contributed by atoms with van der Waals surface area (Å²) in [5.41, 5.74) is 7.02. The summed E-state index contributed by atoms with van der Waals surface area (Å²) in [6, 6.07) is 6.32. The van der Waals surface area contributed by atoms with Gasteiger partial charge in [-0.2, -0.15) is 0 Å². The third-order valence-corrected chi connectivity index (χ3v) is 2.59. The third kappa shape index (κ3) is 4.93. The maximum atomic E-state index is 11.8. The number of carboxylic acid groups (broad SMARTS) is 1. The van der Waals surface area contributed by atoms with Crippen LogP contribution in [0.4, 0.5) is 5.69 Å². The molecule has 0 saturated heterocycles. The second-order valence-electron chi connectivity index (χ2n) is 4.56. The van der Waals surface area contributed by atoms with Crippen molar-refractivity contribution in [1.82, 2.24) is 0 Å². The number of rotatable bonds is 5. The van der Waals surface area contributed by atoms with Crippen LogP contribution >= 0.6 is 0 Å². The van der Waals surface area contributed by atoms with Gasteiger partial charge < -0.3 is 16.2 Å². The van der Waals surface area contributed by atoms with Crippen LogP contribution in [0.5, 0.6) is 0 Å². The Hall–Kier alpha value is -2.14. The van der Waals surface area contributed by atoms with Crippen molar-refractivity contribution in [1.29, 1.82) is 0 Å². The molecule has 0 aliphatic rings. The van der Waals surface area contributed by atoms with Gasteiger partial charge in [-0.3, -0.25) is 4.79 Å². The van der Waals surface area contributed by atoms with Gasteiger partial charge in [-0.15, -0.1) is 0 Å². The number of aliphatic carboxylic acids is 1. The van der Waals surface area contributed by atoms with Crippen LogP contribution in [0.3, 0.4) is 0 Å². The van der Waals surface area contributed by atoms with E-state index in [1.807, 2.05) is 13.8 Å². The zero-order valence-corrected chi connectivity index (χ0v) is 11.0. The van der Waals surface area contributed by atoms with Crippen LogP contribution in [0.2, 0.25) is 0 Å². The molecular formula is C14H18N2O3. The number of anilines is 1. The number of benzene rings is 1. The third-order valence-electron chi connectivity index (χ3n) is 2.59. The first-order chi connectivity index (χ1) is 8.90. The molecule has 4 N–H and O–H groups in total. The average Bonchev–Trinajstić information content (AvgIpc) is 2.35. The predicted molar refractivity (Wildman–Crippen MR) is 74.6 cm³/mol. The molecule has 0 aliphatic heterocycles. The number of carbonyl (C=O) groups is 2. The molecule has 102 valence electrons. The summed E-state index contributed by atoms with van der Waals surface area (Å²) >= 11 is 0. The molecule has 0 heterocycles. The van der Waals surface area contributed by atoms with Gasteiger partial charge >= 0.3 is 5.97 Å². The number of nitrogens with two attached hydrogens (primary N) is 1. The smallest absolute Gasteiger partial charge is 0.328 e. The largest absolute Gasteiger partial charge is 0.478 e. The van der Waals surface area contributed by atoms with Gasteiger partial charge in [0.2, 0.25) is 5.91 Å². The maximum Gasteiger partial charge on any atom is 0.328 e. The summed E-state index contributed by atoms with van der Waals surface area (Å²) in [4.78, 5) is 22.2. The maximum absolute atomic E-state index is 11.8. The fourth-order valence-corrected chi connectivity index (χ4v) is 1.42. The molecular weight excluding hydrogens is 244 g/mol. The fraction of sp³-hybridized carbons (Fsp3) is 0.286. The van der Waals surface area contributed by atoms with Crippen LogP contribution < -0.4 is 11.1 Å². The summed E-state index contributed by atoms with van der Waals surface area (Å²) in [5.74, 6) is -1.22. The van der Waals surface area contributed by atoms with E-state index < -0.39 is 12.0 Å². The van der Waals surface area contributed by atoms with E-state index in [0.29, 0.717) is 11.3 Å². The molecule has 0 radical (unpaired) electrons. The normalized spacial score (nSPS) is 12.6. The van der Waals surface area contributed by atoms with Crippen molar-refractivity contribution in [2.24, 2.45) is 11.7 Å². The molecule has 1 rings (SSSR count). The van der Waals surface area contributed by atoms with Gasteiger partial charge in [-0.25, -0.2) is 4.79 Å². The van der Waals surface area contributed by atoms with E-state index >= 15 is 0 Å². The van der Waals surface area contributed by atoms with Gasteiger partial charge in [0.05, 0.1) is 6.04 Å². The molecule has 0 saturated carbocycles. The van der Waals surface area contributed by atoms with Crippen LogP contribution in [0.1, 0.15) is 19.4 Å². The summed E-state index contributed by atoms with van der Waals surface area (Å²) in [6.45, 7) is 3.74. The first-order valence-electron chi connectivity index (χ1n) is 5.97. The van der Waals surface area contributed by atoms with E-state index in [9.17, 15) is 9.59 Å². The molecule has 1 aromatic rings. The lowest BCUT2D eigenvalue weighted by Crippen LogP contribution is -2.39. The van der Waals surface area contributed by atoms with Crippen molar-refractivity contribution < 1.29 is 14.7 Å². The van der Waals surface area contributed by atoms with E-state index in [-0.39, 0.29) is 11.8 Å². The molecule has 1 atom stereocenters. The number of carboxylic acids is 1. The number of amides is 1. The molecule has 0 unspecified atom stereocenters. The monoisotopic (exact) mass is 262 g/mol. The minimum Gasteiger partial charge on any atom is -0.478 e. The molecule has 0 aromatic heterocycles. The van der Waals surface area contributed by atoms with Crippen molar-refractivity contribution >= 4 is 23.6 Å². The Morgan fingerprint density at radius 3 is 2.63 bits per heavy atom. The van der Waals surface area contributed by atoms with Crippen molar-refractivity contribution in [2.45, 2.75) is 19.9 Å². The number of nitrogens with one attached hydrogen (secondary N) is 1. The standard InChI is InChI=1S/C14H18N2O3/c1-9(2)13(15)14(19)16-11-5-3-4-10(8-11)6-7-12(17)18/h3-9,13H,15H2,1-2H3,(H,16,19)(H,17,18)/b7-6+/t13-/m0/s1. The van der Waals surface area contributed by atoms with Gasteiger partial charge in [0, 0.05) is 11.8 Å². The van der Waals surface area contributed by atoms with Crippen molar-refractivity contribution in [3.8, 4) is 0 Å².